The van der Waals surface area contributed by atoms with Gasteiger partial charge >= 0.3 is 0 Å². The number of benzene rings is 2. The standard InChI is InChI=1S/C19H20N2O2/c1-4-14-7-5-6-8-16(14)20-18(22)11-17-15-10-12(2)9-13(3)19(15)23-21-17/h5-10H,4,11H2,1-3H3,(H,20,22). The normalized spacial score (nSPS) is 10.9. The fraction of sp³-hybridized carbons (Fsp3) is 0.263. The molecule has 0 saturated heterocycles. The van der Waals surface area contributed by atoms with Gasteiger partial charge in [-0.15, -0.1) is 0 Å². The predicted molar refractivity (Wildman–Crippen MR) is 91.6 cm³/mol. The van der Waals surface area contributed by atoms with Gasteiger partial charge in [-0.1, -0.05) is 36.3 Å². The van der Waals surface area contributed by atoms with Crippen molar-refractivity contribution in [3.63, 3.8) is 0 Å². The first-order chi connectivity index (χ1) is 11.1. The summed E-state index contributed by atoms with van der Waals surface area (Å²) in [4.78, 5) is 12.4. The molecular formula is C19H20N2O2. The number of hydrogen-bond donors (Lipinski definition) is 1. The Kier molecular flexibility index (Phi) is 4.15. The molecule has 4 nitrogen and oxygen atoms in total. The number of aryl methyl sites for hydroxylation is 3. The van der Waals surface area contributed by atoms with Gasteiger partial charge in [-0.3, -0.25) is 4.79 Å². The van der Waals surface area contributed by atoms with E-state index in [4.69, 9.17) is 4.52 Å². The van der Waals surface area contributed by atoms with Crippen molar-refractivity contribution < 1.29 is 9.32 Å². The summed E-state index contributed by atoms with van der Waals surface area (Å²) in [5.41, 5.74) is 5.59. The number of hydrogen-bond acceptors (Lipinski definition) is 3. The summed E-state index contributed by atoms with van der Waals surface area (Å²) in [5, 5.41) is 7.98. The summed E-state index contributed by atoms with van der Waals surface area (Å²) in [5.74, 6) is -0.0831. The molecule has 3 rings (SSSR count). The molecule has 118 valence electrons. The van der Waals surface area contributed by atoms with Crippen molar-refractivity contribution in [2.45, 2.75) is 33.6 Å². The Morgan fingerprint density at radius 2 is 2.00 bits per heavy atom. The van der Waals surface area contributed by atoms with E-state index in [1.54, 1.807) is 0 Å². The van der Waals surface area contributed by atoms with E-state index in [2.05, 4.69) is 23.5 Å². The molecule has 0 aliphatic carbocycles. The molecule has 1 aromatic heterocycles. The minimum atomic E-state index is -0.0831. The topological polar surface area (TPSA) is 55.1 Å². The molecule has 0 radical (unpaired) electrons. The van der Waals surface area contributed by atoms with Gasteiger partial charge in [0.25, 0.3) is 0 Å². The number of aromatic nitrogens is 1. The van der Waals surface area contributed by atoms with Gasteiger partial charge in [0.05, 0.1) is 6.42 Å². The van der Waals surface area contributed by atoms with Crippen LogP contribution < -0.4 is 5.32 Å². The Balaban J connectivity index is 1.83. The van der Waals surface area contributed by atoms with E-state index < -0.39 is 0 Å². The average molecular weight is 308 g/mol. The highest BCUT2D eigenvalue weighted by atomic mass is 16.5. The van der Waals surface area contributed by atoms with Crippen LogP contribution in [0.1, 0.15) is 29.3 Å². The van der Waals surface area contributed by atoms with Crippen molar-refractivity contribution in [1.82, 2.24) is 5.16 Å². The molecule has 0 unspecified atom stereocenters. The molecule has 4 heteroatoms. The summed E-state index contributed by atoms with van der Waals surface area (Å²) in [6.07, 6.45) is 1.08. The van der Waals surface area contributed by atoms with E-state index in [-0.39, 0.29) is 12.3 Å². The van der Waals surface area contributed by atoms with E-state index in [0.717, 1.165) is 39.8 Å². The largest absolute Gasteiger partial charge is 0.356 e. The van der Waals surface area contributed by atoms with Crippen LogP contribution in [0.15, 0.2) is 40.9 Å². The molecule has 1 heterocycles. The van der Waals surface area contributed by atoms with Crippen molar-refractivity contribution in [3.05, 3.63) is 58.8 Å². The molecule has 3 aromatic rings. The lowest BCUT2D eigenvalue weighted by Crippen LogP contribution is -2.15. The Bertz CT molecular complexity index is 865. The van der Waals surface area contributed by atoms with Crippen LogP contribution in [0.3, 0.4) is 0 Å². The fourth-order valence-corrected chi connectivity index (χ4v) is 2.86. The maximum atomic E-state index is 12.4. The molecule has 23 heavy (non-hydrogen) atoms. The highest BCUT2D eigenvalue weighted by Gasteiger charge is 2.15. The third-order valence-corrected chi connectivity index (χ3v) is 3.98. The molecular weight excluding hydrogens is 288 g/mol. The van der Waals surface area contributed by atoms with Gasteiger partial charge in [-0.25, -0.2) is 0 Å². The number of nitrogens with one attached hydrogen (secondary N) is 1. The van der Waals surface area contributed by atoms with E-state index in [0.29, 0.717) is 5.69 Å². The first kappa shape index (κ1) is 15.3. The smallest absolute Gasteiger partial charge is 0.230 e. The van der Waals surface area contributed by atoms with Gasteiger partial charge in [0.2, 0.25) is 5.91 Å². The highest BCUT2D eigenvalue weighted by molar-refractivity contribution is 5.95. The van der Waals surface area contributed by atoms with Gasteiger partial charge in [0.1, 0.15) is 5.69 Å². The zero-order chi connectivity index (χ0) is 16.4. The van der Waals surface area contributed by atoms with Crippen molar-refractivity contribution in [3.8, 4) is 0 Å². The van der Waals surface area contributed by atoms with Crippen LogP contribution in [0.2, 0.25) is 0 Å². The van der Waals surface area contributed by atoms with E-state index in [1.165, 1.54) is 0 Å². The van der Waals surface area contributed by atoms with Crippen LogP contribution in [0.25, 0.3) is 11.0 Å². The lowest BCUT2D eigenvalue weighted by atomic mass is 10.1. The predicted octanol–water partition coefficient (Wildman–Crippen LogP) is 4.19. The second-order valence-corrected chi connectivity index (χ2v) is 5.82. The number of fused-ring (bicyclic) bond motifs is 1. The minimum absolute atomic E-state index is 0.0831. The molecule has 0 atom stereocenters. The van der Waals surface area contributed by atoms with E-state index in [1.807, 2.05) is 44.2 Å². The van der Waals surface area contributed by atoms with Gasteiger partial charge in [0, 0.05) is 11.1 Å². The van der Waals surface area contributed by atoms with Crippen LogP contribution in [0, 0.1) is 13.8 Å². The number of carbonyl (C=O) groups excluding carboxylic acids is 1. The Labute approximate surface area is 135 Å². The second-order valence-electron chi connectivity index (χ2n) is 5.82. The van der Waals surface area contributed by atoms with Crippen molar-refractivity contribution >= 4 is 22.6 Å². The van der Waals surface area contributed by atoms with Gasteiger partial charge < -0.3 is 9.84 Å². The summed E-state index contributed by atoms with van der Waals surface area (Å²) in [6.45, 7) is 6.09. The Hall–Kier alpha value is -2.62. The fourth-order valence-electron chi connectivity index (χ4n) is 2.86. The van der Waals surface area contributed by atoms with E-state index in [9.17, 15) is 4.79 Å². The Morgan fingerprint density at radius 1 is 1.22 bits per heavy atom. The van der Waals surface area contributed by atoms with Gasteiger partial charge in [-0.05, 0) is 49.1 Å². The number of nitrogens with zero attached hydrogens (tertiary/aromatic N) is 1. The summed E-state index contributed by atoms with van der Waals surface area (Å²) >= 11 is 0. The minimum Gasteiger partial charge on any atom is -0.356 e. The first-order valence-corrected chi connectivity index (χ1v) is 7.81. The van der Waals surface area contributed by atoms with Crippen molar-refractivity contribution in [2.75, 3.05) is 5.32 Å². The third kappa shape index (κ3) is 3.11. The van der Waals surface area contributed by atoms with Gasteiger partial charge in [-0.2, -0.15) is 0 Å². The molecule has 1 amide bonds. The van der Waals surface area contributed by atoms with Crippen LogP contribution in [0.5, 0.6) is 0 Å². The van der Waals surface area contributed by atoms with Crippen LogP contribution >= 0.6 is 0 Å². The highest BCUT2D eigenvalue weighted by Crippen LogP contribution is 2.24. The molecule has 2 aromatic carbocycles. The zero-order valence-electron chi connectivity index (χ0n) is 13.6. The summed E-state index contributed by atoms with van der Waals surface area (Å²) in [7, 11) is 0. The molecule has 0 aliphatic heterocycles. The Morgan fingerprint density at radius 3 is 2.78 bits per heavy atom. The van der Waals surface area contributed by atoms with E-state index >= 15 is 0 Å². The molecule has 0 saturated carbocycles. The van der Waals surface area contributed by atoms with Crippen molar-refractivity contribution in [1.29, 1.82) is 0 Å². The van der Waals surface area contributed by atoms with Crippen LogP contribution in [0.4, 0.5) is 5.69 Å². The van der Waals surface area contributed by atoms with Crippen molar-refractivity contribution in [2.24, 2.45) is 0 Å². The number of amides is 1. The molecule has 0 fully saturated rings. The molecule has 0 spiro atoms. The quantitative estimate of drug-likeness (QED) is 0.786. The first-order valence-electron chi connectivity index (χ1n) is 7.81. The second kappa shape index (κ2) is 6.24. The van der Waals surface area contributed by atoms with Crippen LogP contribution in [-0.2, 0) is 17.6 Å². The summed E-state index contributed by atoms with van der Waals surface area (Å²) < 4.78 is 5.40. The maximum Gasteiger partial charge on any atom is 0.230 e. The summed E-state index contributed by atoms with van der Waals surface area (Å²) in [6, 6.07) is 11.9. The monoisotopic (exact) mass is 308 g/mol. The molecule has 1 N–H and O–H groups in total. The number of carbonyl (C=O) groups is 1. The number of para-hydroxylation sites is 1. The lowest BCUT2D eigenvalue weighted by Gasteiger charge is -2.08. The van der Waals surface area contributed by atoms with Crippen LogP contribution in [-0.4, -0.2) is 11.1 Å². The number of rotatable bonds is 4. The SMILES string of the molecule is CCc1ccccc1NC(=O)Cc1noc2c(C)cc(C)cc12. The maximum absolute atomic E-state index is 12.4. The third-order valence-electron chi connectivity index (χ3n) is 3.98. The van der Waals surface area contributed by atoms with Gasteiger partial charge in [0.15, 0.2) is 5.58 Å². The number of anilines is 1. The molecule has 0 aliphatic rings. The average Bonchev–Trinajstić information content (AvgIpc) is 2.91. The molecule has 0 bridgehead atoms. The lowest BCUT2D eigenvalue weighted by molar-refractivity contribution is -0.115. The zero-order valence-corrected chi connectivity index (χ0v) is 13.6.